The number of nitrogens with zero attached hydrogens (tertiary/aromatic N) is 3. The highest BCUT2D eigenvalue weighted by atomic mass is 16.4. The molecule has 0 unspecified atom stereocenters. The number of hydrogen-bond acceptors (Lipinski definition) is 8. The molecule has 0 spiro atoms. The third-order valence-electron chi connectivity index (χ3n) is 3.28. The summed E-state index contributed by atoms with van der Waals surface area (Å²) in [4.78, 5) is 58.1. The van der Waals surface area contributed by atoms with E-state index in [1.54, 1.807) is 0 Å². The second kappa shape index (κ2) is 12.6. The number of nitrogens with two attached hydrogens (primary N) is 1. The fourth-order valence-electron chi connectivity index (χ4n) is 2.25. The molecular weight excluding hydrogens is 368 g/mol. The van der Waals surface area contributed by atoms with Crippen LogP contribution in [0.1, 0.15) is 0 Å². The van der Waals surface area contributed by atoms with Crippen LogP contribution in [0, 0.1) is 0 Å². The van der Waals surface area contributed by atoms with Gasteiger partial charge in [0.1, 0.15) is 0 Å². The lowest BCUT2D eigenvalue weighted by Crippen LogP contribution is -2.46. The van der Waals surface area contributed by atoms with Crippen LogP contribution in [0.5, 0.6) is 0 Å². The molecule has 0 atom stereocenters. The summed E-state index contributed by atoms with van der Waals surface area (Å²) in [5, 5.41) is 35.4. The number of hydrogen-bond donors (Lipinski definition) is 5. The Morgan fingerprint density at radius 1 is 0.519 bits per heavy atom. The summed E-state index contributed by atoms with van der Waals surface area (Å²) in [5.74, 6) is -5.55. The van der Waals surface area contributed by atoms with Gasteiger partial charge in [-0.3, -0.25) is 38.7 Å². The molecule has 1 amide bonds. The number of amides is 1. The average molecular weight is 392 g/mol. The van der Waals surface area contributed by atoms with Gasteiger partial charge < -0.3 is 26.2 Å². The molecule has 6 N–H and O–H groups in total. The molecule has 27 heavy (non-hydrogen) atoms. The summed E-state index contributed by atoms with van der Waals surface area (Å²) in [6.45, 7) is -2.18. The summed E-state index contributed by atoms with van der Waals surface area (Å²) >= 11 is 0. The smallest absolute Gasteiger partial charge is 0.317 e. The zero-order valence-electron chi connectivity index (χ0n) is 14.6. The van der Waals surface area contributed by atoms with Gasteiger partial charge >= 0.3 is 23.9 Å². The van der Waals surface area contributed by atoms with E-state index in [1.165, 1.54) is 9.80 Å². The molecule has 0 bridgehead atoms. The first-order valence-corrected chi connectivity index (χ1v) is 7.82. The normalized spacial score (nSPS) is 11.1. The molecule has 13 nitrogen and oxygen atoms in total. The molecule has 0 rings (SSSR count). The number of carbonyl (C=O) groups excluding carboxylic acids is 1. The topological polar surface area (TPSA) is 202 Å². The number of rotatable bonds is 16. The summed E-state index contributed by atoms with van der Waals surface area (Å²) in [7, 11) is 0. The zero-order chi connectivity index (χ0) is 21.0. The first-order valence-electron chi connectivity index (χ1n) is 7.82. The van der Waals surface area contributed by atoms with Crippen molar-refractivity contribution in [1.82, 2.24) is 14.7 Å². The molecule has 13 heteroatoms. The molecular formula is C14H24N4O9. The van der Waals surface area contributed by atoms with E-state index in [-0.39, 0.29) is 32.7 Å². The molecule has 0 aliphatic carbocycles. The van der Waals surface area contributed by atoms with Gasteiger partial charge in [-0.15, -0.1) is 0 Å². The third kappa shape index (κ3) is 14.1. The Morgan fingerprint density at radius 3 is 1.07 bits per heavy atom. The quantitative estimate of drug-likeness (QED) is 0.175. The Hall–Kier alpha value is -2.77. The van der Waals surface area contributed by atoms with E-state index in [4.69, 9.17) is 26.2 Å². The van der Waals surface area contributed by atoms with Crippen LogP contribution in [0.2, 0.25) is 0 Å². The predicted molar refractivity (Wildman–Crippen MR) is 89.1 cm³/mol. The highest BCUT2D eigenvalue weighted by molar-refractivity contribution is 5.77. The second-order valence-electron chi connectivity index (χ2n) is 5.74. The van der Waals surface area contributed by atoms with Crippen molar-refractivity contribution in [2.24, 2.45) is 5.73 Å². The van der Waals surface area contributed by atoms with Gasteiger partial charge in [-0.25, -0.2) is 0 Å². The van der Waals surface area contributed by atoms with Gasteiger partial charge in [0, 0.05) is 26.2 Å². The van der Waals surface area contributed by atoms with Gasteiger partial charge in [-0.05, 0) is 0 Å². The van der Waals surface area contributed by atoms with Crippen LogP contribution < -0.4 is 5.73 Å². The minimum absolute atomic E-state index is 0.0272. The van der Waals surface area contributed by atoms with E-state index in [9.17, 15) is 24.0 Å². The fourth-order valence-corrected chi connectivity index (χ4v) is 2.25. The van der Waals surface area contributed by atoms with Crippen molar-refractivity contribution in [3.05, 3.63) is 0 Å². The van der Waals surface area contributed by atoms with E-state index in [0.717, 1.165) is 4.90 Å². The van der Waals surface area contributed by atoms with E-state index >= 15 is 0 Å². The Labute approximate surface area is 154 Å². The largest absolute Gasteiger partial charge is 0.480 e. The van der Waals surface area contributed by atoms with Gasteiger partial charge in [0.05, 0.1) is 32.7 Å². The van der Waals surface area contributed by atoms with Gasteiger partial charge in [0.2, 0.25) is 5.91 Å². The Morgan fingerprint density at radius 2 is 0.778 bits per heavy atom. The Kier molecular flexibility index (Phi) is 11.3. The first kappa shape index (κ1) is 24.2. The highest BCUT2D eigenvalue weighted by Crippen LogP contribution is 1.97. The highest BCUT2D eigenvalue weighted by Gasteiger charge is 2.18. The van der Waals surface area contributed by atoms with Crippen molar-refractivity contribution in [2.75, 3.05) is 58.9 Å². The lowest BCUT2D eigenvalue weighted by Gasteiger charge is -2.27. The van der Waals surface area contributed by atoms with E-state index < -0.39 is 56.0 Å². The van der Waals surface area contributed by atoms with Crippen molar-refractivity contribution in [3.63, 3.8) is 0 Å². The molecule has 0 aromatic carbocycles. The molecule has 0 aromatic rings. The van der Waals surface area contributed by atoms with Gasteiger partial charge in [-0.1, -0.05) is 0 Å². The maximum Gasteiger partial charge on any atom is 0.317 e. The van der Waals surface area contributed by atoms with Crippen molar-refractivity contribution in [2.45, 2.75) is 0 Å². The summed E-state index contributed by atoms with van der Waals surface area (Å²) in [5.41, 5.74) is 5.05. The van der Waals surface area contributed by atoms with Crippen LogP contribution in [0.4, 0.5) is 0 Å². The maximum absolute atomic E-state index is 11.0. The van der Waals surface area contributed by atoms with Gasteiger partial charge in [0.25, 0.3) is 0 Å². The molecule has 154 valence electrons. The molecule has 0 heterocycles. The van der Waals surface area contributed by atoms with Crippen LogP contribution >= 0.6 is 0 Å². The molecule has 0 aromatic heterocycles. The molecule has 0 aliphatic heterocycles. The standard InChI is InChI=1S/C14H24N4O9/c15-10(19)5-17(7-12(22)23)3-1-16(6-11(20)21)2-4-18(8-13(24)25)9-14(26)27/h1-9H2,(H2,15,19)(H,20,21)(H,22,23)(H,24,25)(H,26,27). The summed E-state index contributed by atoms with van der Waals surface area (Å²) < 4.78 is 0. The SMILES string of the molecule is NC(=O)CN(CCN(CCN(CC(=O)O)CC(=O)O)CC(=O)O)CC(=O)O. The number of carboxylic acid groups (broad SMARTS) is 4. The first-order chi connectivity index (χ1) is 12.5. The van der Waals surface area contributed by atoms with Gasteiger partial charge in [-0.2, -0.15) is 0 Å². The second-order valence-corrected chi connectivity index (χ2v) is 5.74. The zero-order valence-corrected chi connectivity index (χ0v) is 14.6. The predicted octanol–water partition coefficient (Wildman–Crippen LogP) is -3.28. The number of primary amides is 1. The lowest BCUT2D eigenvalue weighted by atomic mass is 10.3. The molecule has 0 saturated heterocycles. The number of carbonyl (C=O) groups is 5. The Bertz CT molecular complexity index is 483. The molecule has 0 radical (unpaired) electrons. The van der Waals surface area contributed by atoms with Crippen LogP contribution in [0.3, 0.4) is 0 Å². The van der Waals surface area contributed by atoms with E-state index in [2.05, 4.69) is 0 Å². The molecule has 0 aliphatic rings. The van der Waals surface area contributed by atoms with E-state index in [1.807, 2.05) is 0 Å². The molecule has 0 fully saturated rings. The fraction of sp³-hybridized carbons (Fsp3) is 0.643. The van der Waals surface area contributed by atoms with Crippen molar-refractivity contribution < 1.29 is 44.4 Å². The van der Waals surface area contributed by atoms with E-state index in [0.29, 0.717) is 0 Å². The van der Waals surface area contributed by atoms with Crippen molar-refractivity contribution in [3.8, 4) is 0 Å². The van der Waals surface area contributed by atoms with Crippen LogP contribution in [0.25, 0.3) is 0 Å². The number of aliphatic carboxylic acids is 4. The van der Waals surface area contributed by atoms with Crippen molar-refractivity contribution >= 4 is 29.8 Å². The Balaban J connectivity index is 4.85. The van der Waals surface area contributed by atoms with Crippen molar-refractivity contribution in [1.29, 1.82) is 0 Å². The minimum Gasteiger partial charge on any atom is -0.480 e. The minimum atomic E-state index is -1.23. The third-order valence-corrected chi connectivity index (χ3v) is 3.28. The van der Waals surface area contributed by atoms with Gasteiger partial charge in [0.15, 0.2) is 0 Å². The number of carboxylic acids is 4. The molecule has 0 saturated carbocycles. The van der Waals surface area contributed by atoms with Crippen LogP contribution in [-0.4, -0.2) is 124 Å². The summed E-state index contributed by atoms with van der Waals surface area (Å²) in [6, 6.07) is 0. The van der Waals surface area contributed by atoms with Crippen LogP contribution in [-0.2, 0) is 24.0 Å². The lowest BCUT2D eigenvalue weighted by molar-refractivity contribution is -0.143. The maximum atomic E-state index is 11.0. The average Bonchev–Trinajstić information content (AvgIpc) is 2.46. The summed E-state index contributed by atoms with van der Waals surface area (Å²) in [6.07, 6.45) is 0. The van der Waals surface area contributed by atoms with Crippen LogP contribution in [0.15, 0.2) is 0 Å². The monoisotopic (exact) mass is 392 g/mol.